The van der Waals surface area contributed by atoms with Gasteiger partial charge in [0.25, 0.3) is 0 Å². The van der Waals surface area contributed by atoms with Gasteiger partial charge in [-0.25, -0.2) is 4.79 Å². The van der Waals surface area contributed by atoms with Crippen LogP contribution < -0.4 is 4.74 Å². The number of allylic oxidation sites excluding steroid dienone is 1. The molecule has 100 valence electrons. The van der Waals surface area contributed by atoms with Crippen molar-refractivity contribution in [2.45, 2.75) is 6.92 Å². The van der Waals surface area contributed by atoms with Gasteiger partial charge in [0.2, 0.25) is 0 Å². The molecule has 0 atom stereocenters. The Morgan fingerprint density at radius 3 is 2.89 bits per heavy atom. The van der Waals surface area contributed by atoms with Crippen molar-refractivity contribution in [2.24, 2.45) is 0 Å². The summed E-state index contributed by atoms with van der Waals surface area (Å²) in [5, 5.41) is 0.970. The van der Waals surface area contributed by atoms with Crippen molar-refractivity contribution in [3.05, 3.63) is 40.4 Å². The molecular weight excluding hydrogens is 287 g/mol. The van der Waals surface area contributed by atoms with Gasteiger partial charge in [0, 0.05) is 11.1 Å². The standard InChI is InChI=1S/C14H12Cl2O3/c1-2-18-14(17)6-4-3-5-9-19-13-8-7-11(15)10-12(13)16/h4,6-8,10H,2,9H2,1H3. The number of hydrogen-bond acceptors (Lipinski definition) is 3. The van der Waals surface area contributed by atoms with E-state index in [9.17, 15) is 4.79 Å². The minimum absolute atomic E-state index is 0.161. The smallest absolute Gasteiger partial charge is 0.331 e. The quantitative estimate of drug-likeness (QED) is 0.485. The van der Waals surface area contributed by atoms with Gasteiger partial charge in [-0.15, -0.1) is 0 Å². The molecular formula is C14H12Cl2O3. The first-order valence-electron chi connectivity index (χ1n) is 5.53. The number of carbonyl (C=O) groups is 1. The van der Waals surface area contributed by atoms with E-state index in [0.29, 0.717) is 22.4 Å². The lowest BCUT2D eigenvalue weighted by atomic mass is 10.3. The summed E-state index contributed by atoms with van der Waals surface area (Å²) < 4.78 is 10.0. The first-order chi connectivity index (χ1) is 9.13. The van der Waals surface area contributed by atoms with Gasteiger partial charge < -0.3 is 9.47 Å². The molecule has 1 aromatic rings. The third-order valence-electron chi connectivity index (χ3n) is 1.89. The van der Waals surface area contributed by atoms with Crippen LogP contribution in [0.15, 0.2) is 30.4 Å². The molecule has 0 N–H and O–H groups in total. The molecule has 0 aliphatic heterocycles. The second-order valence-corrected chi connectivity index (χ2v) is 4.11. The highest BCUT2D eigenvalue weighted by atomic mass is 35.5. The third kappa shape index (κ3) is 6.19. The lowest BCUT2D eigenvalue weighted by Gasteiger charge is -2.03. The zero-order valence-corrected chi connectivity index (χ0v) is 11.8. The Bertz CT molecular complexity index is 527. The van der Waals surface area contributed by atoms with E-state index in [-0.39, 0.29) is 6.61 Å². The molecule has 0 aromatic heterocycles. The van der Waals surface area contributed by atoms with Crippen molar-refractivity contribution in [3.63, 3.8) is 0 Å². The van der Waals surface area contributed by atoms with E-state index >= 15 is 0 Å². The highest BCUT2D eigenvalue weighted by molar-refractivity contribution is 6.35. The van der Waals surface area contributed by atoms with Crippen LogP contribution in [0.25, 0.3) is 0 Å². The van der Waals surface area contributed by atoms with Gasteiger partial charge in [-0.05, 0) is 31.2 Å². The Morgan fingerprint density at radius 1 is 1.42 bits per heavy atom. The Labute approximate surface area is 122 Å². The van der Waals surface area contributed by atoms with E-state index in [2.05, 4.69) is 16.6 Å². The van der Waals surface area contributed by atoms with Crippen molar-refractivity contribution in [1.82, 2.24) is 0 Å². The zero-order chi connectivity index (χ0) is 14.1. The second-order valence-electron chi connectivity index (χ2n) is 3.27. The van der Waals surface area contributed by atoms with E-state index in [1.165, 1.54) is 12.2 Å². The van der Waals surface area contributed by atoms with Crippen LogP contribution in [0.4, 0.5) is 0 Å². The van der Waals surface area contributed by atoms with Gasteiger partial charge in [-0.3, -0.25) is 0 Å². The molecule has 19 heavy (non-hydrogen) atoms. The van der Waals surface area contributed by atoms with Crippen LogP contribution in [0.3, 0.4) is 0 Å². The molecule has 0 saturated heterocycles. The van der Waals surface area contributed by atoms with Crippen molar-refractivity contribution in [2.75, 3.05) is 13.2 Å². The first-order valence-corrected chi connectivity index (χ1v) is 6.28. The second kappa shape index (κ2) is 8.47. The highest BCUT2D eigenvalue weighted by Crippen LogP contribution is 2.27. The number of carbonyl (C=O) groups excluding carboxylic acids is 1. The van der Waals surface area contributed by atoms with Crippen LogP contribution in [0.1, 0.15) is 6.92 Å². The predicted molar refractivity (Wildman–Crippen MR) is 75.5 cm³/mol. The number of halogens is 2. The minimum Gasteiger partial charge on any atom is -0.479 e. The molecule has 0 amide bonds. The van der Waals surface area contributed by atoms with Crippen LogP contribution in [-0.2, 0) is 9.53 Å². The normalized spacial score (nSPS) is 9.84. The largest absolute Gasteiger partial charge is 0.479 e. The van der Waals surface area contributed by atoms with E-state index < -0.39 is 5.97 Å². The maximum Gasteiger partial charge on any atom is 0.331 e. The van der Waals surface area contributed by atoms with Gasteiger partial charge in [0.05, 0.1) is 11.6 Å². The van der Waals surface area contributed by atoms with Gasteiger partial charge in [-0.2, -0.15) is 0 Å². The summed E-state index contributed by atoms with van der Waals surface area (Å²) in [5.41, 5.74) is 0. The summed E-state index contributed by atoms with van der Waals surface area (Å²) in [7, 11) is 0. The Morgan fingerprint density at radius 2 is 2.21 bits per heavy atom. The van der Waals surface area contributed by atoms with Crippen LogP contribution in [-0.4, -0.2) is 19.2 Å². The predicted octanol–water partition coefficient (Wildman–Crippen LogP) is 3.49. The molecule has 3 nitrogen and oxygen atoms in total. The van der Waals surface area contributed by atoms with Gasteiger partial charge in [0.15, 0.2) is 0 Å². The number of hydrogen-bond donors (Lipinski definition) is 0. The average molecular weight is 299 g/mol. The van der Waals surface area contributed by atoms with Crippen molar-refractivity contribution in [1.29, 1.82) is 0 Å². The molecule has 0 aliphatic carbocycles. The summed E-state index contributed by atoms with van der Waals surface area (Å²) in [4.78, 5) is 10.9. The molecule has 5 heteroatoms. The molecule has 0 aliphatic rings. The summed E-state index contributed by atoms with van der Waals surface area (Å²) in [6.45, 7) is 2.24. The van der Waals surface area contributed by atoms with Gasteiger partial charge in [-0.1, -0.05) is 35.0 Å². The maximum atomic E-state index is 10.9. The number of ether oxygens (including phenoxy) is 2. The molecule has 0 heterocycles. The van der Waals surface area contributed by atoms with Crippen molar-refractivity contribution >= 4 is 29.2 Å². The van der Waals surface area contributed by atoms with Crippen molar-refractivity contribution in [3.8, 4) is 17.6 Å². The summed E-state index contributed by atoms with van der Waals surface area (Å²) in [6.07, 6.45) is 2.66. The molecule has 0 spiro atoms. The molecule has 0 saturated carbocycles. The van der Waals surface area contributed by atoms with E-state index in [1.54, 1.807) is 25.1 Å². The first kappa shape index (κ1) is 15.4. The molecule has 0 bridgehead atoms. The average Bonchev–Trinajstić information content (AvgIpc) is 2.36. The van der Waals surface area contributed by atoms with Crippen LogP contribution in [0.2, 0.25) is 10.0 Å². The zero-order valence-electron chi connectivity index (χ0n) is 10.3. The number of esters is 1. The lowest BCUT2D eigenvalue weighted by molar-refractivity contribution is -0.137. The SMILES string of the molecule is CCOC(=O)C=CC#CCOc1ccc(Cl)cc1Cl. The van der Waals surface area contributed by atoms with E-state index in [4.69, 9.17) is 27.9 Å². The molecule has 1 aromatic carbocycles. The topological polar surface area (TPSA) is 35.5 Å². The fourth-order valence-electron chi connectivity index (χ4n) is 1.11. The molecule has 0 radical (unpaired) electrons. The monoisotopic (exact) mass is 298 g/mol. The number of rotatable bonds is 4. The highest BCUT2D eigenvalue weighted by Gasteiger charge is 2.00. The van der Waals surface area contributed by atoms with Crippen LogP contribution in [0.5, 0.6) is 5.75 Å². The van der Waals surface area contributed by atoms with E-state index in [0.717, 1.165) is 0 Å². The van der Waals surface area contributed by atoms with E-state index in [1.807, 2.05) is 0 Å². The summed E-state index contributed by atoms with van der Waals surface area (Å²) in [6, 6.07) is 4.93. The maximum absolute atomic E-state index is 10.9. The number of benzene rings is 1. The Kier molecular flexibility index (Phi) is 6.88. The molecule has 0 fully saturated rings. The summed E-state index contributed by atoms with van der Waals surface area (Å²) >= 11 is 11.7. The fourth-order valence-corrected chi connectivity index (χ4v) is 1.57. The molecule has 1 rings (SSSR count). The molecule has 0 unspecified atom stereocenters. The summed E-state index contributed by atoms with van der Waals surface area (Å²) in [5.74, 6) is 5.46. The third-order valence-corrected chi connectivity index (χ3v) is 2.42. The Hall–Kier alpha value is -1.63. The van der Waals surface area contributed by atoms with Crippen LogP contribution in [0, 0.1) is 11.8 Å². The van der Waals surface area contributed by atoms with Gasteiger partial charge >= 0.3 is 5.97 Å². The lowest BCUT2D eigenvalue weighted by Crippen LogP contribution is -1.98. The Balaban J connectivity index is 2.40. The fraction of sp³-hybridized carbons (Fsp3) is 0.214. The van der Waals surface area contributed by atoms with Crippen LogP contribution >= 0.6 is 23.2 Å². The van der Waals surface area contributed by atoms with Gasteiger partial charge in [0.1, 0.15) is 12.4 Å². The minimum atomic E-state index is -0.418. The van der Waals surface area contributed by atoms with Crippen molar-refractivity contribution < 1.29 is 14.3 Å².